The van der Waals surface area contributed by atoms with Gasteiger partial charge in [-0.2, -0.15) is 0 Å². The summed E-state index contributed by atoms with van der Waals surface area (Å²) < 4.78 is 3.60. The molecule has 0 heterocycles. The fraction of sp³-hybridized carbons (Fsp3) is 0.379. The van der Waals surface area contributed by atoms with E-state index in [-0.39, 0.29) is 5.92 Å². The number of aliphatic hydroxyl groups excluding tert-OH is 4. The second-order valence-electron chi connectivity index (χ2n) is 10.1. The molecule has 1 unspecified atom stereocenters. The van der Waals surface area contributed by atoms with Crippen LogP contribution in [0.25, 0.3) is 22.3 Å². The molecule has 0 bridgehead atoms. The minimum Gasteiger partial charge on any atom is -0.395 e. The van der Waals surface area contributed by atoms with Crippen molar-refractivity contribution in [3.63, 3.8) is 0 Å². The number of rotatable bonds is 11. The molecule has 1 atom stereocenters. The molecule has 0 fully saturated rings. The zero-order valence-corrected chi connectivity index (χ0v) is 24.9. The fourth-order valence-corrected chi connectivity index (χ4v) is 5.03. The van der Waals surface area contributed by atoms with Gasteiger partial charge in [-0.05, 0) is 56.8 Å². The number of hydrogen-bond acceptors (Lipinski definition) is 9. The lowest BCUT2D eigenvalue weighted by Crippen LogP contribution is -2.40. The predicted octanol–water partition coefficient (Wildman–Crippen LogP) is 4.69. The van der Waals surface area contributed by atoms with Crippen molar-refractivity contribution in [1.29, 1.82) is 0 Å². The first-order chi connectivity index (χ1) is 18.9. The van der Waals surface area contributed by atoms with Crippen LogP contribution in [0.4, 0.5) is 0 Å². The summed E-state index contributed by atoms with van der Waals surface area (Å²) >= 11 is 0. The van der Waals surface area contributed by atoms with Gasteiger partial charge >= 0.3 is 17.2 Å². The van der Waals surface area contributed by atoms with Gasteiger partial charge in [-0.15, -0.1) is 0 Å². The summed E-state index contributed by atoms with van der Waals surface area (Å²) in [7, 11) is -5.22. The first kappa shape index (κ1) is 34.4. The van der Waals surface area contributed by atoms with Gasteiger partial charge in [0, 0.05) is 0 Å². The molecular formula is C29H40O9P2. The molecule has 0 amide bonds. The highest BCUT2D eigenvalue weighted by Gasteiger charge is 2.39. The van der Waals surface area contributed by atoms with Crippen molar-refractivity contribution in [3.05, 3.63) is 83.4 Å². The van der Waals surface area contributed by atoms with Gasteiger partial charge in [0.15, 0.2) is 0 Å². The minimum atomic E-state index is -2.61. The van der Waals surface area contributed by atoms with Crippen molar-refractivity contribution in [2.45, 2.75) is 45.6 Å². The van der Waals surface area contributed by atoms with Crippen molar-refractivity contribution in [1.82, 2.24) is 0 Å². The largest absolute Gasteiger partial charge is 0.395 e. The second-order valence-corrected chi connectivity index (χ2v) is 11.8. The lowest BCUT2D eigenvalue weighted by Gasteiger charge is -2.34. The van der Waals surface area contributed by atoms with Crippen LogP contribution in [0, 0.1) is 5.41 Å². The highest BCUT2D eigenvalue weighted by Crippen LogP contribution is 2.43. The summed E-state index contributed by atoms with van der Waals surface area (Å²) in [6.07, 6.45) is -1.25. The molecule has 40 heavy (non-hydrogen) atoms. The van der Waals surface area contributed by atoms with Gasteiger partial charge in [0.2, 0.25) is 0 Å². The highest BCUT2D eigenvalue weighted by molar-refractivity contribution is 7.53. The van der Waals surface area contributed by atoms with Crippen molar-refractivity contribution < 1.29 is 44.3 Å². The van der Waals surface area contributed by atoms with Crippen molar-refractivity contribution >= 4 is 17.2 Å². The van der Waals surface area contributed by atoms with E-state index in [9.17, 15) is 20.4 Å². The van der Waals surface area contributed by atoms with E-state index in [1.807, 2.05) is 42.5 Å². The van der Waals surface area contributed by atoms with Crippen LogP contribution >= 0.6 is 17.2 Å². The number of benzene rings is 3. The Morgan fingerprint density at radius 3 is 1.50 bits per heavy atom. The lowest BCUT2D eigenvalue weighted by atomic mass is 9.77. The molecule has 0 aliphatic carbocycles. The Hall–Kier alpha value is -1.84. The molecule has 3 aromatic carbocycles. The summed E-state index contributed by atoms with van der Waals surface area (Å²) in [5.74, 6) is 0.611. The van der Waals surface area contributed by atoms with Gasteiger partial charge < -0.3 is 40.0 Å². The molecule has 3 rings (SSSR count). The van der Waals surface area contributed by atoms with E-state index in [1.165, 1.54) is 5.56 Å². The molecule has 8 N–H and O–H groups in total. The van der Waals surface area contributed by atoms with Crippen LogP contribution in [-0.4, -0.2) is 59.8 Å². The average molecular weight is 595 g/mol. The number of hydrogen-bond donors (Lipinski definition) is 8. The van der Waals surface area contributed by atoms with Crippen LogP contribution in [-0.2, 0) is 4.31 Å². The van der Waals surface area contributed by atoms with Gasteiger partial charge in [0.1, 0.15) is 0 Å². The van der Waals surface area contributed by atoms with Crippen LogP contribution in [0.1, 0.15) is 62.3 Å². The Labute approximate surface area is 238 Å². The Balaban J connectivity index is 0.000000708. The summed E-state index contributed by atoms with van der Waals surface area (Å²) in [5, 5.41) is 41.2. The molecule has 0 saturated carbocycles. The first-order valence-corrected chi connectivity index (χ1v) is 15.1. The van der Waals surface area contributed by atoms with Crippen LogP contribution in [0.15, 0.2) is 66.7 Å². The van der Waals surface area contributed by atoms with E-state index in [1.54, 1.807) is 0 Å². The molecule has 220 valence electrons. The highest BCUT2D eigenvalue weighted by atomic mass is 31.2. The summed E-state index contributed by atoms with van der Waals surface area (Å²) in [4.78, 5) is 31.3. The van der Waals surface area contributed by atoms with E-state index in [0.29, 0.717) is 11.5 Å². The van der Waals surface area contributed by atoms with Crippen LogP contribution in [0.3, 0.4) is 0 Å². The Bertz CT molecular complexity index is 1180. The summed E-state index contributed by atoms with van der Waals surface area (Å²) in [5.41, 5.74) is 5.51. The predicted molar refractivity (Wildman–Crippen MR) is 158 cm³/mol. The minimum absolute atomic E-state index is 0.260. The van der Waals surface area contributed by atoms with Crippen LogP contribution in [0.5, 0.6) is 0 Å². The van der Waals surface area contributed by atoms with Gasteiger partial charge in [0.25, 0.3) is 0 Å². The van der Waals surface area contributed by atoms with Gasteiger partial charge in [0.05, 0.1) is 31.3 Å². The molecule has 0 spiro atoms. The topological polar surface area (TPSA) is 171 Å². The van der Waals surface area contributed by atoms with Gasteiger partial charge in [-0.25, -0.2) is 4.31 Å². The van der Waals surface area contributed by atoms with Crippen molar-refractivity contribution in [3.8, 4) is 22.3 Å². The second kappa shape index (κ2) is 16.0. The van der Waals surface area contributed by atoms with Crippen molar-refractivity contribution in [2.75, 3.05) is 19.8 Å². The van der Waals surface area contributed by atoms with E-state index >= 15 is 0 Å². The van der Waals surface area contributed by atoms with E-state index in [0.717, 1.165) is 27.8 Å². The molecule has 0 aliphatic heterocycles. The molecular weight excluding hydrogens is 554 g/mol. The summed E-state index contributed by atoms with van der Waals surface area (Å²) in [6.45, 7) is 6.99. The molecule has 0 radical (unpaired) electrons. The molecule has 0 saturated heterocycles. The van der Waals surface area contributed by atoms with E-state index < -0.39 is 48.5 Å². The Morgan fingerprint density at radius 1 is 0.625 bits per heavy atom. The standard InChI is InChI=1S/C29H36O4.H4O5P2/c1-19(2)22-9-5-7-11-24(22)21-13-14-26(28(33)29(16-30,17-31)18-32)27(15-21)25-12-8-6-10-23(25)20(3)4;1-6(2)5-7(3)4/h5-15,19-20,28,30-33H,16-18H2,1-4H3;1-4H. The third kappa shape index (κ3) is 8.58. The third-order valence-electron chi connectivity index (χ3n) is 6.79. The van der Waals surface area contributed by atoms with E-state index in [4.69, 9.17) is 19.6 Å². The Kier molecular flexibility index (Phi) is 13.7. The number of aliphatic hydroxyl groups is 4. The Morgan fingerprint density at radius 2 is 1.07 bits per heavy atom. The average Bonchev–Trinajstić information content (AvgIpc) is 2.93. The SMILES string of the molecule is CC(C)c1ccccc1-c1ccc(C(O)C(CO)(CO)CO)c(-c2ccccc2C(C)C)c1.OP(O)OP(O)O. The van der Waals surface area contributed by atoms with E-state index in [2.05, 4.69) is 56.3 Å². The maximum atomic E-state index is 11.3. The monoisotopic (exact) mass is 594 g/mol. The molecule has 0 aromatic heterocycles. The zero-order valence-electron chi connectivity index (χ0n) is 23.1. The lowest BCUT2D eigenvalue weighted by molar-refractivity contribution is -0.0849. The zero-order chi connectivity index (χ0) is 30.0. The normalized spacial score (nSPS) is 12.7. The molecule has 9 nitrogen and oxygen atoms in total. The van der Waals surface area contributed by atoms with Gasteiger partial charge in [-0.1, -0.05) is 88.4 Å². The molecule has 0 aliphatic rings. The van der Waals surface area contributed by atoms with Crippen LogP contribution in [0.2, 0.25) is 0 Å². The fourth-order valence-electron chi connectivity index (χ4n) is 4.51. The molecule has 3 aromatic rings. The van der Waals surface area contributed by atoms with Crippen molar-refractivity contribution in [2.24, 2.45) is 5.41 Å². The maximum Gasteiger partial charge on any atom is 0.334 e. The first-order valence-electron chi connectivity index (χ1n) is 12.8. The molecule has 11 heteroatoms. The third-order valence-corrected chi connectivity index (χ3v) is 7.95. The maximum absolute atomic E-state index is 11.3. The smallest absolute Gasteiger partial charge is 0.334 e. The van der Waals surface area contributed by atoms with Gasteiger partial charge in [-0.3, -0.25) is 0 Å². The summed E-state index contributed by atoms with van der Waals surface area (Å²) in [6, 6.07) is 22.3. The quantitative estimate of drug-likeness (QED) is 0.147. The van der Waals surface area contributed by atoms with Crippen LogP contribution < -0.4 is 0 Å².